The molecule has 0 aliphatic carbocycles. The molecule has 0 saturated carbocycles. The van der Waals surface area contributed by atoms with E-state index in [0.717, 1.165) is 17.7 Å². The molecule has 3 heteroatoms. The van der Waals surface area contributed by atoms with Crippen LogP contribution in [0.5, 0.6) is 5.75 Å². The van der Waals surface area contributed by atoms with Crippen LogP contribution in [0.2, 0.25) is 0 Å². The Labute approximate surface area is 137 Å². The van der Waals surface area contributed by atoms with Crippen LogP contribution < -0.4 is 10.1 Å². The van der Waals surface area contributed by atoms with E-state index in [1.54, 1.807) is 0 Å². The summed E-state index contributed by atoms with van der Waals surface area (Å²) in [5.41, 5.74) is 2.72. The van der Waals surface area contributed by atoms with Crippen molar-refractivity contribution in [2.45, 2.75) is 25.9 Å². The van der Waals surface area contributed by atoms with Gasteiger partial charge >= 0.3 is 0 Å². The van der Waals surface area contributed by atoms with Crippen molar-refractivity contribution in [2.75, 3.05) is 6.54 Å². The van der Waals surface area contributed by atoms with Crippen LogP contribution in [0.4, 0.5) is 0 Å². The molecular formula is C20H21NO2. The van der Waals surface area contributed by atoms with Crippen LogP contribution >= 0.6 is 0 Å². The van der Waals surface area contributed by atoms with Crippen LogP contribution in [0.3, 0.4) is 0 Å². The molecule has 0 unspecified atom stereocenters. The van der Waals surface area contributed by atoms with Gasteiger partial charge in [0.25, 0.3) is 5.91 Å². The summed E-state index contributed by atoms with van der Waals surface area (Å²) in [4.78, 5) is 12.0. The molecule has 118 valence electrons. The van der Waals surface area contributed by atoms with Crippen molar-refractivity contribution in [1.29, 1.82) is 0 Å². The van der Waals surface area contributed by atoms with Crippen LogP contribution in [0.15, 0.2) is 54.6 Å². The number of amides is 1. The highest BCUT2D eigenvalue weighted by atomic mass is 16.5. The quantitative estimate of drug-likeness (QED) is 0.932. The third-order valence-corrected chi connectivity index (χ3v) is 3.85. The molecule has 1 N–H and O–H groups in total. The molecular weight excluding hydrogens is 286 g/mol. The fourth-order valence-electron chi connectivity index (χ4n) is 2.60. The molecule has 23 heavy (non-hydrogen) atoms. The van der Waals surface area contributed by atoms with Gasteiger partial charge in [0, 0.05) is 17.7 Å². The molecule has 0 radical (unpaired) electrons. The number of benzene rings is 2. The summed E-state index contributed by atoms with van der Waals surface area (Å²) in [5, 5.41) is 2.95. The number of fused-ring (bicyclic) bond motifs is 1. The maximum atomic E-state index is 12.0. The van der Waals surface area contributed by atoms with Gasteiger partial charge in [-0.1, -0.05) is 30.3 Å². The van der Waals surface area contributed by atoms with Crippen LogP contribution in [0.25, 0.3) is 6.08 Å². The predicted octanol–water partition coefficient (Wildman–Crippen LogP) is 3.84. The number of rotatable bonds is 4. The topological polar surface area (TPSA) is 38.3 Å². The number of hydrogen-bond acceptors (Lipinski definition) is 2. The van der Waals surface area contributed by atoms with Crippen molar-refractivity contribution in [2.24, 2.45) is 0 Å². The molecule has 1 amide bonds. The van der Waals surface area contributed by atoms with Crippen molar-refractivity contribution in [1.82, 2.24) is 5.32 Å². The second-order valence-electron chi connectivity index (χ2n) is 6.28. The van der Waals surface area contributed by atoms with Gasteiger partial charge in [-0.25, -0.2) is 0 Å². The van der Waals surface area contributed by atoms with E-state index in [9.17, 15) is 4.79 Å². The average molecular weight is 307 g/mol. The molecule has 3 rings (SSSR count). The van der Waals surface area contributed by atoms with Gasteiger partial charge in [0.1, 0.15) is 11.4 Å². The first-order valence-electron chi connectivity index (χ1n) is 7.88. The molecule has 2 aromatic carbocycles. The number of nitrogens with one attached hydrogen (secondary N) is 1. The van der Waals surface area contributed by atoms with E-state index in [1.807, 2.05) is 50.2 Å². The lowest BCUT2D eigenvalue weighted by Crippen LogP contribution is -2.27. The van der Waals surface area contributed by atoms with Crippen molar-refractivity contribution in [3.8, 4) is 5.75 Å². The van der Waals surface area contributed by atoms with Crippen molar-refractivity contribution in [3.05, 3.63) is 71.3 Å². The van der Waals surface area contributed by atoms with Crippen molar-refractivity contribution in [3.63, 3.8) is 0 Å². The van der Waals surface area contributed by atoms with Crippen molar-refractivity contribution < 1.29 is 9.53 Å². The average Bonchev–Trinajstić information content (AvgIpc) is 2.55. The number of hydrogen-bond donors (Lipinski definition) is 1. The van der Waals surface area contributed by atoms with Gasteiger partial charge in [-0.2, -0.15) is 0 Å². The Morgan fingerprint density at radius 1 is 1.13 bits per heavy atom. The fourth-order valence-corrected chi connectivity index (χ4v) is 2.60. The molecule has 1 aliphatic rings. The Hall–Kier alpha value is -2.55. The highest BCUT2D eigenvalue weighted by Crippen LogP contribution is 2.31. The Balaban J connectivity index is 1.59. The zero-order valence-electron chi connectivity index (χ0n) is 13.5. The standard InChI is InChI=1S/C20H21NO2/c1-20(2)12-10-17-14-15(8-9-18(17)23-20)11-13-21-19(22)16-6-4-3-5-7-16/h3-10,12,14H,11,13H2,1-2H3,(H,21,22). The molecule has 0 saturated heterocycles. The molecule has 0 atom stereocenters. The van der Waals surface area contributed by atoms with E-state index in [1.165, 1.54) is 5.56 Å². The van der Waals surface area contributed by atoms with Gasteiger partial charge in [-0.15, -0.1) is 0 Å². The van der Waals surface area contributed by atoms with E-state index in [-0.39, 0.29) is 11.5 Å². The lowest BCUT2D eigenvalue weighted by molar-refractivity contribution is 0.0954. The highest BCUT2D eigenvalue weighted by molar-refractivity contribution is 5.94. The van der Waals surface area contributed by atoms with E-state index in [2.05, 4.69) is 29.6 Å². The number of carbonyl (C=O) groups is 1. The zero-order valence-corrected chi connectivity index (χ0v) is 13.5. The zero-order chi connectivity index (χ0) is 16.3. The van der Waals surface area contributed by atoms with Gasteiger partial charge in [-0.05, 0) is 56.2 Å². The first-order chi connectivity index (χ1) is 11.0. The first kappa shape index (κ1) is 15.3. The second-order valence-corrected chi connectivity index (χ2v) is 6.28. The maximum absolute atomic E-state index is 12.0. The lowest BCUT2D eigenvalue weighted by atomic mass is 10.00. The Kier molecular flexibility index (Phi) is 4.20. The van der Waals surface area contributed by atoms with E-state index in [0.29, 0.717) is 12.1 Å². The summed E-state index contributed by atoms with van der Waals surface area (Å²) in [7, 11) is 0. The minimum Gasteiger partial charge on any atom is -0.483 e. The van der Waals surface area contributed by atoms with Crippen LogP contribution in [-0.4, -0.2) is 18.1 Å². The van der Waals surface area contributed by atoms with Gasteiger partial charge in [-0.3, -0.25) is 4.79 Å². The predicted molar refractivity (Wildman–Crippen MR) is 92.7 cm³/mol. The molecule has 0 fully saturated rings. The van der Waals surface area contributed by atoms with E-state index >= 15 is 0 Å². The van der Waals surface area contributed by atoms with Crippen LogP contribution in [-0.2, 0) is 6.42 Å². The Morgan fingerprint density at radius 2 is 1.91 bits per heavy atom. The maximum Gasteiger partial charge on any atom is 0.251 e. The smallest absolute Gasteiger partial charge is 0.251 e. The number of carbonyl (C=O) groups excluding carboxylic acids is 1. The fraction of sp³-hybridized carbons (Fsp3) is 0.250. The second kappa shape index (κ2) is 6.29. The van der Waals surface area contributed by atoms with Gasteiger partial charge < -0.3 is 10.1 Å². The van der Waals surface area contributed by atoms with Crippen LogP contribution in [0.1, 0.15) is 35.3 Å². The third kappa shape index (κ3) is 3.81. The van der Waals surface area contributed by atoms with E-state index < -0.39 is 0 Å². The SMILES string of the molecule is CC1(C)C=Cc2cc(CCNC(=O)c3ccccc3)ccc2O1. The Bertz CT molecular complexity index is 733. The molecule has 0 aromatic heterocycles. The molecule has 1 heterocycles. The summed E-state index contributed by atoms with van der Waals surface area (Å²) in [6.45, 7) is 4.70. The largest absolute Gasteiger partial charge is 0.483 e. The first-order valence-corrected chi connectivity index (χ1v) is 7.88. The molecule has 2 aromatic rings. The van der Waals surface area contributed by atoms with Gasteiger partial charge in [0.15, 0.2) is 0 Å². The Morgan fingerprint density at radius 3 is 2.70 bits per heavy atom. The lowest BCUT2D eigenvalue weighted by Gasteiger charge is -2.28. The summed E-state index contributed by atoms with van der Waals surface area (Å²) < 4.78 is 5.92. The van der Waals surface area contributed by atoms with Crippen LogP contribution in [0, 0.1) is 0 Å². The third-order valence-electron chi connectivity index (χ3n) is 3.85. The normalized spacial score (nSPS) is 14.7. The van der Waals surface area contributed by atoms with Crippen molar-refractivity contribution >= 4 is 12.0 Å². The minimum atomic E-state index is -0.252. The summed E-state index contributed by atoms with van der Waals surface area (Å²) >= 11 is 0. The summed E-state index contributed by atoms with van der Waals surface area (Å²) in [6, 6.07) is 15.5. The monoisotopic (exact) mass is 307 g/mol. The number of ether oxygens (including phenoxy) is 1. The van der Waals surface area contributed by atoms with Gasteiger partial charge in [0.2, 0.25) is 0 Å². The molecule has 0 bridgehead atoms. The summed E-state index contributed by atoms with van der Waals surface area (Å²) in [6.07, 6.45) is 4.96. The van der Waals surface area contributed by atoms with Gasteiger partial charge in [0.05, 0.1) is 0 Å². The summed E-state index contributed by atoms with van der Waals surface area (Å²) in [5.74, 6) is 0.878. The van der Waals surface area contributed by atoms with E-state index in [4.69, 9.17) is 4.74 Å². The highest BCUT2D eigenvalue weighted by Gasteiger charge is 2.21. The minimum absolute atomic E-state index is 0.0338. The molecule has 3 nitrogen and oxygen atoms in total. The molecule has 0 spiro atoms. The molecule has 1 aliphatic heterocycles.